The zero-order valence-electron chi connectivity index (χ0n) is 11.3. The minimum atomic E-state index is -4.64. The van der Waals surface area contributed by atoms with Gasteiger partial charge in [0.25, 0.3) is 5.91 Å². The molecule has 0 saturated carbocycles. The normalized spacial score (nSPS) is 18.9. The fraction of sp³-hybridized carbons (Fsp3) is 0.231. The van der Waals surface area contributed by atoms with Crippen LogP contribution in [-0.2, 0) is 6.18 Å². The monoisotopic (exact) mass is 332 g/mol. The van der Waals surface area contributed by atoms with Crippen LogP contribution in [0.1, 0.15) is 22.8 Å². The Bertz CT molecular complexity index is 707. The third-order valence-electron chi connectivity index (χ3n) is 3.07. The molecule has 0 aliphatic carbocycles. The average Bonchev–Trinajstić information content (AvgIpc) is 2.59. The first-order chi connectivity index (χ1) is 10.1. The van der Waals surface area contributed by atoms with Crippen LogP contribution < -0.4 is 0 Å². The fourth-order valence-corrected chi connectivity index (χ4v) is 3.67. The molecule has 0 radical (unpaired) electrons. The lowest BCUT2D eigenvalue weighted by molar-refractivity contribution is -0.137. The number of hydrogen-bond donors (Lipinski definition) is 2. The molecule has 1 heterocycles. The van der Waals surface area contributed by atoms with Crippen LogP contribution in [-0.4, -0.2) is 25.9 Å². The second-order valence-corrected chi connectivity index (χ2v) is 6.61. The van der Waals surface area contributed by atoms with Crippen molar-refractivity contribution in [2.45, 2.75) is 18.0 Å². The summed E-state index contributed by atoms with van der Waals surface area (Å²) in [6.45, 7) is 1.24. The maximum atomic E-state index is 12.7. The van der Waals surface area contributed by atoms with E-state index < -0.39 is 28.4 Å². The number of hydrogen-bond acceptors (Lipinski definition) is 4. The maximum Gasteiger partial charge on any atom is 0.416 e. The zero-order chi connectivity index (χ0) is 16.7. The number of amides is 1. The molecular weight excluding hydrogens is 321 g/mol. The molecule has 5 nitrogen and oxygen atoms in total. The first-order valence-corrected chi connectivity index (χ1v) is 7.46. The smallest absolute Gasteiger partial charge is 0.277 e. The Balaban J connectivity index is 2.47. The van der Waals surface area contributed by atoms with Crippen LogP contribution in [0, 0.1) is 11.3 Å². The molecule has 2 rings (SSSR count). The van der Waals surface area contributed by atoms with Crippen LogP contribution in [0.2, 0.25) is 0 Å². The Morgan fingerprint density at radius 1 is 1.45 bits per heavy atom. The molecule has 0 saturated heterocycles. The van der Waals surface area contributed by atoms with Crippen LogP contribution in [0.4, 0.5) is 13.2 Å². The van der Waals surface area contributed by atoms with Gasteiger partial charge in [0.05, 0.1) is 28.6 Å². The first kappa shape index (κ1) is 16.4. The molecule has 1 aliphatic heterocycles. The van der Waals surface area contributed by atoms with E-state index >= 15 is 0 Å². The number of rotatable bonds is 2. The molecule has 22 heavy (non-hydrogen) atoms. The van der Waals surface area contributed by atoms with E-state index in [0.29, 0.717) is 22.0 Å². The maximum absolute atomic E-state index is 12.7. The van der Waals surface area contributed by atoms with E-state index in [0.717, 1.165) is 12.1 Å². The van der Waals surface area contributed by atoms with Crippen LogP contribution in [0.15, 0.2) is 34.7 Å². The quantitative estimate of drug-likeness (QED) is 0.810. The lowest BCUT2D eigenvalue weighted by atomic mass is 10.1. The van der Waals surface area contributed by atoms with Gasteiger partial charge >= 0.3 is 6.18 Å². The summed E-state index contributed by atoms with van der Waals surface area (Å²) in [6, 6.07) is 3.93. The predicted octanol–water partition coefficient (Wildman–Crippen LogP) is 3.66. The molecule has 0 bridgehead atoms. The number of fused-ring (bicyclic) bond motifs is 1. The van der Waals surface area contributed by atoms with Gasteiger partial charge in [-0.25, -0.2) is 4.31 Å². The number of carbonyl (C=O) groups is 1. The molecule has 1 aromatic rings. The summed E-state index contributed by atoms with van der Waals surface area (Å²) in [5.41, 5.74) is -1.06. The van der Waals surface area contributed by atoms with Crippen molar-refractivity contribution in [1.82, 2.24) is 4.31 Å². The number of nitriles is 1. The van der Waals surface area contributed by atoms with Crippen molar-refractivity contribution in [2.24, 2.45) is 0 Å². The Hall–Kier alpha value is -2.02. The summed E-state index contributed by atoms with van der Waals surface area (Å²) in [7, 11) is -3.71. The highest BCUT2D eigenvalue weighted by atomic mass is 32.3. The molecule has 1 aliphatic rings. The molecule has 1 amide bonds. The van der Waals surface area contributed by atoms with Gasteiger partial charge in [-0.1, -0.05) is 10.8 Å². The summed E-state index contributed by atoms with van der Waals surface area (Å²) in [4.78, 5) is 11.9. The molecule has 118 valence electrons. The van der Waals surface area contributed by atoms with Gasteiger partial charge < -0.3 is 0 Å². The predicted molar refractivity (Wildman–Crippen MR) is 73.0 cm³/mol. The van der Waals surface area contributed by atoms with Crippen LogP contribution >= 0.6 is 10.8 Å². The highest BCUT2D eigenvalue weighted by Crippen LogP contribution is 2.59. The van der Waals surface area contributed by atoms with Gasteiger partial charge in [0.1, 0.15) is 0 Å². The second kappa shape index (κ2) is 5.31. The van der Waals surface area contributed by atoms with E-state index in [4.69, 9.17) is 5.26 Å². The van der Waals surface area contributed by atoms with E-state index in [1.165, 1.54) is 6.92 Å². The number of carbonyl (C=O) groups excluding carboxylic acids is 1. The van der Waals surface area contributed by atoms with Crippen molar-refractivity contribution in [2.75, 3.05) is 6.54 Å². The van der Waals surface area contributed by atoms with E-state index in [1.54, 1.807) is 6.07 Å². The highest BCUT2D eigenvalue weighted by Gasteiger charge is 2.43. The Labute approximate surface area is 125 Å². The molecule has 0 fully saturated rings. The highest BCUT2D eigenvalue weighted by molar-refractivity contribution is 8.23. The van der Waals surface area contributed by atoms with Crippen molar-refractivity contribution >= 4 is 16.7 Å². The summed E-state index contributed by atoms with van der Waals surface area (Å²) in [5, 5.41) is 8.53. The average molecular weight is 332 g/mol. The van der Waals surface area contributed by atoms with Crippen molar-refractivity contribution in [3.63, 3.8) is 0 Å². The van der Waals surface area contributed by atoms with Gasteiger partial charge in [0, 0.05) is 6.08 Å². The lowest BCUT2D eigenvalue weighted by Gasteiger charge is -2.37. The van der Waals surface area contributed by atoms with Crippen LogP contribution in [0.3, 0.4) is 0 Å². The molecule has 0 spiro atoms. The summed E-state index contributed by atoms with van der Waals surface area (Å²) in [6.07, 6.45) is -3.52. The largest absolute Gasteiger partial charge is 0.416 e. The van der Waals surface area contributed by atoms with E-state index in [-0.39, 0.29) is 17.0 Å². The molecule has 9 heteroatoms. The molecule has 0 atom stereocenters. The number of benzene rings is 1. The van der Waals surface area contributed by atoms with Crippen LogP contribution in [0.25, 0.3) is 0 Å². The molecule has 0 aromatic heterocycles. The lowest BCUT2D eigenvalue weighted by Crippen LogP contribution is -2.29. The molecular formula is C13H11F3N2O3S. The van der Waals surface area contributed by atoms with Gasteiger partial charge in [-0.15, -0.1) is 0 Å². The van der Waals surface area contributed by atoms with Crippen molar-refractivity contribution in [1.29, 1.82) is 5.26 Å². The van der Waals surface area contributed by atoms with Gasteiger partial charge in [-0.3, -0.25) is 13.9 Å². The summed E-state index contributed by atoms with van der Waals surface area (Å²) < 4.78 is 59.0. The van der Waals surface area contributed by atoms with Crippen LogP contribution in [0.5, 0.6) is 0 Å². The second-order valence-electron chi connectivity index (χ2n) is 4.69. The standard InChI is InChI=1S/C13H11F3N2O3S/c1-8(4-5-17)7-18-12(19)10-6-9(13(14,15)16)2-3-11(10)22(18,20)21/h2-4,6,20-21H,7H2,1H3/b8-4+. The Morgan fingerprint density at radius 3 is 2.64 bits per heavy atom. The van der Waals surface area contributed by atoms with Gasteiger partial charge in [0.15, 0.2) is 0 Å². The number of alkyl halides is 3. The number of nitrogens with zero attached hydrogens (tertiary/aromatic N) is 2. The van der Waals surface area contributed by atoms with Gasteiger partial charge in [-0.2, -0.15) is 18.4 Å². The topological polar surface area (TPSA) is 84.6 Å². The van der Waals surface area contributed by atoms with E-state index in [2.05, 4.69) is 0 Å². The first-order valence-electron chi connectivity index (χ1n) is 5.96. The Kier molecular flexibility index (Phi) is 3.95. The zero-order valence-corrected chi connectivity index (χ0v) is 12.1. The third kappa shape index (κ3) is 2.68. The van der Waals surface area contributed by atoms with Gasteiger partial charge in [0.2, 0.25) is 0 Å². The SMILES string of the molecule is C/C(=C\C#N)CN1C(=O)c2cc(C(F)(F)F)ccc2S1(O)O. The van der Waals surface area contributed by atoms with Crippen molar-refractivity contribution in [3.8, 4) is 6.07 Å². The Morgan fingerprint density at radius 2 is 2.09 bits per heavy atom. The van der Waals surface area contributed by atoms with Gasteiger partial charge in [-0.05, 0) is 30.7 Å². The number of halogens is 3. The third-order valence-corrected chi connectivity index (χ3v) is 4.93. The summed E-state index contributed by atoms with van der Waals surface area (Å²) >= 11 is 0. The van der Waals surface area contributed by atoms with Crippen molar-refractivity contribution in [3.05, 3.63) is 41.0 Å². The molecule has 2 N–H and O–H groups in total. The number of allylic oxidation sites excluding steroid dienone is 1. The minimum absolute atomic E-state index is 0.241. The fourth-order valence-electron chi connectivity index (χ4n) is 2.03. The minimum Gasteiger partial charge on any atom is -0.277 e. The molecule has 0 unspecified atom stereocenters. The molecule has 1 aromatic carbocycles. The van der Waals surface area contributed by atoms with E-state index in [9.17, 15) is 27.1 Å². The van der Waals surface area contributed by atoms with Crippen molar-refractivity contribution < 1.29 is 27.1 Å². The summed E-state index contributed by atoms with van der Waals surface area (Å²) in [5.74, 6) is -0.910. The van der Waals surface area contributed by atoms with E-state index in [1.807, 2.05) is 0 Å².